The molecule has 39 heavy (non-hydrogen) atoms. The predicted molar refractivity (Wildman–Crippen MR) is 150 cm³/mol. The lowest BCUT2D eigenvalue weighted by Gasteiger charge is -2.20. The summed E-state index contributed by atoms with van der Waals surface area (Å²) in [6.45, 7) is 5.08. The number of amides is 1. The Morgan fingerprint density at radius 3 is 2.49 bits per heavy atom. The summed E-state index contributed by atoms with van der Waals surface area (Å²) >= 11 is 6.39. The lowest BCUT2D eigenvalue weighted by Crippen LogP contribution is -2.33. The molecule has 0 atom stereocenters. The number of nitrogens with one attached hydrogen (secondary N) is 1. The van der Waals surface area contributed by atoms with Gasteiger partial charge in [0, 0.05) is 37.1 Å². The Morgan fingerprint density at radius 1 is 1.18 bits per heavy atom. The number of carbonyl (C=O) groups excluding carboxylic acids is 1. The molecule has 0 bridgehead atoms. The van der Waals surface area contributed by atoms with Crippen molar-refractivity contribution in [3.05, 3.63) is 57.6 Å². The third kappa shape index (κ3) is 7.57. The van der Waals surface area contributed by atoms with Crippen LogP contribution in [0, 0.1) is 13.8 Å². The van der Waals surface area contributed by atoms with E-state index in [0.29, 0.717) is 78.7 Å². The zero-order valence-electron chi connectivity index (χ0n) is 22.7. The highest BCUT2D eigenvalue weighted by atomic mass is 35.5. The van der Waals surface area contributed by atoms with Gasteiger partial charge in [-0.1, -0.05) is 23.7 Å². The number of hydrogen-bond acceptors (Lipinski definition) is 7. The van der Waals surface area contributed by atoms with Gasteiger partial charge >= 0.3 is 6.09 Å². The van der Waals surface area contributed by atoms with Crippen molar-refractivity contribution in [2.24, 2.45) is 4.99 Å². The summed E-state index contributed by atoms with van der Waals surface area (Å²) < 4.78 is 32.8. The number of aliphatic imine (C=N–C) groups is 1. The highest BCUT2D eigenvalue weighted by Gasteiger charge is 2.26. The average Bonchev–Trinajstić information content (AvgIpc) is 3.37. The van der Waals surface area contributed by atoms with Crippen LogP contribution in [0.4, 0.5) is 4.79 Å². The van der Waals surface area contributed by atoms with E-state index in [-0.39, 0.29) is 17.2 Å². The van der Waals surface area contributed by atoms with Crippen molar-refractivity contribution in [3.63, 3.8) is 0 Å². The summed E-state index contributed by atoms with van der Waals surface area (Å²) in [6.07, 6.45) is 0.403. The van der Waals surface area contributed by atoms with Crippen molar-refractivity contribution in [2.45, 2.75) is 44.6 Å². The topological polar surface area (TPSA) is 129 Å². The summed E-state index contributed by atoms with van der Waals surface area (Å²) in [6, 6.07) is 8.65. The monoisotopic (exact) mass is 578 g/mol. The number of benzene rings is 2. The number of carboxylic acid groups (broad SMARTS) is 1. The van der Waals surface area contributed by atoms with Crippen molar-refractivity contribution >= 4 is 39.3 Å². The van der Waals surface area contributed by atoms with Crippen molar-refractivity contribution in [3.8, 4) is 5.75 Å². The first-order valence-corrected chi connectivity index (χ1v) is 14.4. The number of Topliss-reactive ketones (excluding diaryl/α,β-unsaturated/α-hetero) is 1. The number of rotatable bonds is 13. The molecule has 2 aromatic rings. The van der Waals surface area contributed by atoms with Crippen LogP contribution in [0.1, 0.15) is 41.5 Å². The molecular weight excluding hydrogens is 544 g/mol. The smallest absolute Gasteiger partial charge is 0.413 e. The first kappa shape index (κ1) is 30.6. The van der Waals surface area contributed by atoms with E-state index in [0.717, 1.165) is 5.56 Å². The number of carbonyl (C=O) groups is 2. The van der Waals surface area contributed by atoms with Crippen LogP contribution >= 0.6 is 11.6 Å². The minimum atomic E-state index is -3.66. The van der Waals surface area contributed by atoms with E-state index in [1.807, 2.05) is 0 Å². The molecule has 0 radical (unpaired) electrons. The second-order valence-corrected chi connectivity index (χ2v) is 11.9. The number of ether oxygens (including phenoxy) is 1. The van der Waals surface area contributed by atoms with Crippen LogP contribution in [0.2, 0.25) is 5.02 Å². The Labute approximate surface area is 234 Å². The maximum absolute atomic E-state index is 13.1. The van der Waals surface area contributed by atoms with E-state index in [2.05, 4.69) is 10.3 Å². The number of sulfonamides is 1. The zero-order valence-corrected chi connectivity index (χ0v) is 24.2. The Morgan fingerprint density at radius 2 is 1.87 bits per heavy atom. The molecule has 0 fully saturated rings. The van der Waals surface area contributed by atoms with Gasteiger partial charge in [-0.15, -0.1) is 0 Å². The summed E-state index contributed by atoms with van der Waals surface area (Å²) in [4.78, 5) is 29.4. The van der Waals surface area contributed by atoms with E-state index >= 15 is 0 Å². The van der Waals surface area contributed by atoms with Crippen LogP contribution in [0.3, 0.4) is 0 Å². The van der Waals surface area contributed by atoms with Gasteiger partial charge in [0.2, 0.25) is 10.0 Å². The molecule has 1 amide bonds. The summed E-state index contributed by atoms with van der Waals surface area (Å²) in [5.74, 6) is 1.02. The SMILES string of the molecule is COc1cc(C)c(S(=O)(=O)N(C)CCCCC(=O)CNCc2ccc(C3=NCCN3C(=O)O)cc2Cl)c(C)c1. The van der Waals surface area contributed by atoms with Crippen molar-refractivity contribution in [2.75, 3.05) is 40.3 Å². The predicted octanol–water partition coefficient (Wildman–Crippen LogP) is 3.86. The largest absolute Gasteiger partial charge is 0.497 e. The number of ketones is 1. The van der Waals surface area contributed by atoms with Gasteiger partial charge < -0.3 is 15.2 Å². The number of aryl methyl sites for hydroxylation is 2. The third-order valence-corrected chi connectivity index (χ3v) is 9.05. The van der Waals surface area contributed by atoms with Crippen LogP contribution in [0.5, 0.6) is 5.75 Å². The molecule has 3 rings (SSSR count). The van der Waals surface area contributed by atoms with Gasteiger partial charge in [0.25, 0.3) is 0 Å². The maximum atomic E-state index is 13.1. The van der Waals surface area contributed by atoms with E-state index in [9.17, 15) is 23.1 Å². The minimum Gasteiger partial charge on any atom is -0.497 e. The summed E-state index contributed by atoms with van der Waals surface area (Å²) in [7, 11) is -0.567. The van der Waals surface area contributed by atoms with Crippen LogP contribution in [0.15, 0.2) is 40.2 Å². The van der Waals surface area contributed by atoms with Gasteiger partial charge in [0.15, 0.2) is 0 Å². The maximum Gasteiger partial charge on any atom is 0.413 e. The highest BCUT2D eigenvalue weighted by Crippen LogP contribution is 2.28. The van der Waals surface area contributed by atoms with Crippen molar-refractivity contribution in [1.29, 1.82) is 0 Å². The Kier molecular flexibility index (Phi) is 10.5. The molecule has 1 heterocycles. The molecule has 0 unspecified atom stereocenters. The molecule has 12 heteroatoms. The molecule has 0 spiro atoms. The molecule has 2 N–H and O–H groups in total. The molecule has 0 saturated heterocycles. The number of amidine groups is 1. The molecule has 0 saturated carbocycles. The van der Waals surface area contributed by atoms with E-state index < -0.39 is 16.1 Å². The number of methoxy groups -OCH3 is 1. The molecular formula is C27H35ClN4O6S. The van der Waals surface area contributed by atoms with Gasteiger partial charge in [0.1, 0.15) is 17.4 Å². The first-order valence-electron chi connectivity index (χ1n) is 12.6. The Bertz CT molecular complexity index is 1340. The molecule has 0 aromatic heterocycles. The third-order valence-electron chi connectivity index (χ3n) is 6.54. The van der Waals surface area contributed by atoms with E-state index in [4.69, 9.17) is 16.3 Å². The molecule has 1 aliphatic heterocycles. The van der Waals surface area contributed by atoms with Gasteiger partial charge in [-0.05, 0) is 61.6 Å². The molecule has 212 valence electrons. The highest BCUT2D eigenvalue weighted by molar-refractivity contribution is 7.89. The second kappa shape index (κ2) is 13.4. The van der Waals surface area contributed by atoms with Crippen LogP contribution in [0.25, 0.3) is 0 Å². The van der Waals surface area contributed by atoms with Crippen LogP contribution in [-0.2, 0) is 21.4 Å². The summed E-state index contributed by atoms with van der Waals surface area (Å²) in [5.41, 5.74) is 2.67. The van der Waals surface area contributed by atoms with Gasteiger partial charge in [-0.2, -0.15) is 0 Å². The lowest BCUT2D eigenvalue weighted by molar-refractivity contribution is -0.118. The first-order chi connectivity index (χ1) is 18.4. The Balaban J connectivity index is 1.43. The van der Waals surface area contributed by atoms with Gasteiger partial charge in [0.05, 0.1) is 31.6 Å². The number of unbranched alkanes of at least 4 members (excludes halogenated alkanes) is 1. The van der Waals surface area contributed by atoms with E-state index in [1.54, 1.807) is 58.3 Å². The molecule has 2 aromatic carbocycles. The van der Waals surface area contributed by atoms with E-state index in [1.165, 1.54) is 9.21 Å². The molecule has 10 nitrogen and oxygen atoms in total. The van der Waals surface area contributed by atoms with Crippen molar-refractivity contribution in [1.82, 2.24) is 14.5 Å². The van der Waals surface area contributed by atoms with Crippen molar-refractivity contribution < 1.29 is 27.9 Å². The van der Waals surface area contributed by atoms with Crippen LogP contribution in [-0.4, -0.2) is 80.8 Å². The van der Waals surface area contributed by atoms with Gasteiger partial charge in [-0.3, -0.25) is 14.7 Å². The second-order valence-electron chi connectivity index (χ2n) is 9.46. The normalized spacial score (nSPS) is 13.6. The zero-order chi connectivity index (χ0) is 28.7. The fraction of sp³-hybridized carbons (Fsp3) is 0.444. The average molecular weight is 579 g/mol. The number of nitrogens with zero attached hydrogens (tertiary/aromatic N) is 3. The Hall–Kier alpha value is -2.99. The standard InChI is InChI=1S/C27H35ClN4O6S/c1-18-13-23(38-4)14-19(2)25(18)39(36,37)31(3)11-6-5-7-22(33)17-29-16-21-9-8-20(15-24(21)28)26-30-10-12-32(26)27(34)35/h8-9,13-15,29H,5-7,10-12,16-17H2,1-4H3,(H,34,35). The fourth-order valence-corrected chi connectivity index (χ4v) is 6.36. The van der Waals surface area contributed by atoms with Gasteiger partial charge in [-0.25, -0.2) is 17.5 Å². The molecule has 1 aliphatic rings. The summed E-state index contributed by atoms with van der Waals surface area (Å²) in [5, 5.41) is 12.8. The van der Waals surface area contributed by atoms with Crippen LogP contribution < -0.4 is 10.1 Å². The number of hydrogen-bond donors (Lipinski definition) is 2. The fourth-order valence-electron chi connectivity index (χ4n) is 4.50. The minimum absolute atomic E-state index is 0.0208. The lowest BCUT2D eigenvalue weighted by atomic mass is 10.1. The number of halogens is 1. The quantitative estimate of drug-likeness (QED) is 0.345. The molecule has 0 aliphatic carbocycles.